The van der Waals surface area contributed by atoms with Gasteiger partial charge in [0.05, 0.1) is 5.69 Å². The molecular formula is C18H26N6O2. The van der Waals surface area contributed by atoms with Gasteiger partial charge in [-0.25, -0.2) is 4.98 Å². The van der Waals surface area contributed by atoms with Gasteiger partial charge in [-0.1, -0.05) is 0 Å². The van der Waals surface area contributed by atoms with Crippen molar-refractivity contribution in [3.05, 3.63) is 46.6 Å². The number of amides is 1. The van der Waals surface area contributed by atoms with Gasteiger partial charge in [0.15, 0.2) is 0 Å². The lowest BCUT2D eigenvalue weighted by Gasteiger charge is -2.24. The van der Waals surface area contributed by atoms with Crippen LogP contribution >= 0.6 is 0 Å². The van der Waals surface area contributed by atoms with E-state index in [0.717, 1.165) is 32.5 Å². The highest BCUT2D eigenvalue weighted by Crippen LogP contribution is 2.17. The molecule has 1 atom stereocenters. The summed E-state index contributed by atoms with van der Waals surface area (Å²) < 4.78 is 2.09. The molecule has 1 aliphatic rings. The van der Waals surface area contributed by atoms with E-state index in [2.05, 4.69) is 19.4 Å². The maximum Gasteiger partial charge on any atom is 0.252 e. The van der Waals surface area contributed by atoms with Gasteiger partial charge in [0.1, 0.15) is 0 Å². The number of aromatic amines is 1. The van der Waals surface area contributed by atoms with Crippen LogP contribution in [0.15, 0.2) is 35.4 Å². The van der Waals surface area contributed by atoms with Gasteiger partial charge in [0.25, 0.3) is 5.56 Å². The van der Waals surface area contributed by atoms with Gasteiger partial charge in [-0.15, -0.1) is 0 Å². The molecule has 1 fully saturated rings. The van der Waals surface area contributed by atoms with Gasteiger partial charge in [-0.3, -0.25) is 19.5 Å². The lowest BCUT2D eigenvalue weighted by molar-refractivity contribution is -0.130. The highest BCUT2D eigenvalue weighted by molar-refractivity contribution is 5.76. The van der Waals surface area contributed by atoms with Crippen molar-refractivity contribution >= 4 is 11.9 Å². The smallest absolute Gasteiger partial charge is 0.252 e. The number of nitrogens with two attached hydrogens (primary N) is 1. The number of likely N-dealkylation sites (tertiary alicyclic amines) is 1. The van der Waals surface area contributed by atoms with Crippen molar-refractivity contribution in [2.75, 3.05) is 25.9 Å². The standard InChI is InChI=1S/C18H26N6O2/c1-22(12-14-11-16(25)21-18(19)20-14)15-6-10-24(13-15)17(26)5-4-9-23-7-2-3-8-23/h2-3,7-8,11,15H,4-6,9-10,12-13H2,1H3,(H3,19,20,21,25)/t15-/m0/s1. The SMILES string of the molecule is CN(Cc1cc(=O)[nH]c(N)n1)[C@H]1CCN(C(=O)CCCn2cccc2)C1. The average molecular weight is 358 g/mol. The number of nitrogen functional groups attached to an aromatic ring is 1. The second kappa shape index (κ2) is 8.18. The van der Waals surface area contributed by atoms with Crippen LogP contribution in [0.3, 0.4) is 0 Å². The Labute approximate surface area is 152 Å². The number of hydrogen-bond acceptors (Lipinski definition) is 5. The fourth-order valence-electron chi connectivity index (χ4n) is 3.41. The number of H-pyrrole nitrogens is 1. The molecule has 1 amide bonds. The van der Waals surface area contributed by atoms with Crippen LogP contribution in [0.5, 0.6) is 0 Å². The van der Waals surface area contributed by atoms with Crippen molar-refractivity contribution in [2.24, 2.45) is 0 Å². The number of nitrogens with zero attached hydrogens (tertiary/aromatic N) is 4. The Bertz CT molecular complexity index is 785. The molecule has 1 aliphatic heterocycles. The molecule has 3 rings (SSSR count). The number of carbonyl (C=O) groups excluding carboxylic acids is 1. The molecule has 8 heteroatoms. The second-order valence-corrected chi connectivity index (χ2v) is 6.84. The van der Waals surface area contributed by atoms with Gasteiger partial charge in [-0.05, 0) is 32.0 Å². The van der Waals surface area contributed by atoms with Crippen LogP contribution in [0.4, 0.5) is 5.95 Å². The van der Waals surface area contributed by atoms with E-state index in [1.807, 2.05) is 36.5 Å². The Morgan fingerprint density at radius 2 is 2.19 bits per heavy atom. The zero-order valence-electron chi connectivity index (χ0n) is 15.1. The molecule has 0 aromatic carbocycles. The van der Waals surface area contributed by atoms with Crippen molar-refractivity contribution in [1.29, 1.82) is 0 Å². The predicted molar refractivity (Wildman–Crippen MR) is 99.4 cm³/mol. The van der Waals surface area contributed by atoms with E-state index in [9.17, 15) is 9.59 Å². The Morgan fingerprint density at radius 1 is 1.42 bits per heavy atom. The summed E-state index contributed by atoms with van der Waals surface area (Å²) in [5.74, 6) is 0.346. The van der Waals surface area contributed by atoms with Gasteiger partial charge < -0.3 is 15.2 Å². The minimum absolute atomic E-state index is 0.131. The summed E-state index contributed by atoms with van der Waals surface area (Å²) in [4.78, 5) is 34.6. The zero-order valence-corrected chi connectivity index (χ0v) is 15.1. The third-order valence-electron chi connectivity index (χ3n) is 4.84. The fraction of sp³-hybridized carbons (Fsp3) is 0.500. The molecule has 0 bridgehead atoms. The van der Waals surface area contributed by atoms with E-state index in [1.165, 1.54) is 6.07 Å². The van der Waals surface area contributed by atoms with Gasteiger partial charge in [-0.2, -0.15) is 0 Å². The van der Waals surface area contributed by atoms with E-state index in [0.29, 0.717) is 18.7 Å². The summed E-state index contributed by atoms with van der Waals surface area (Å²) in [7, 11) is 1.99. The van der Waals surface area contributed by atoms with E-state index >= 15 is 0 Å². The molecule has 2 aromatic rings. The topological polar surface area (TPSA) is 100 Å². The number of hydrogen-bond donors (Lipinski definition) is 2. The maximum absolute atomic E-state index is 12.4. The summed E-state index contributed by atoms with van der Waals surface area (Å²) in [5.41, 5.74) is 5.99. The van der Waals surface area contributed by atoms with Crippen molar-refractivity contribution in [3.8, 4) is 0 Å². The van der Waals surface area contributed by atoms with Gasteiger partial charge in [0, 0.05) is 57.1 Å². The molecule has 140 valence electrons. The molecule has 26 heavy (non-hydrogen) atoms. The number of nitrogens with one attached hydrogen (secondary N) is 1. The lowest BCUT2D eigenvalue weighted by Crippen LogP contribution is -2.36. The van der Waals surface area contributed by atoms with Crippen LogP contribution < -0.4 is 11.3 Å². The first-order valence-corrected chi connectivity index (χ1v) is 8.96. The summed E-state index contributed by atoms with van der Waals surface area (Å²) in [5, 5.41) is 0. The molecule has 2 aromatic heterocycles. The Balaban J connectivity index is 1.46. The third-order valence-corrected chi connectivity index (χ3v) is 4.84. The maximum atomic E-state index is 12.4. The first-order valence-electron chi connectivity index (χ1n) is 8.96. The summed E-state index contributed by atoms with van der Waals surface area (Å²) >= 11 is 0. The number of aromatic nitrogens is 3. The Kier molecular flexibility index (Phi) is 5.72. The number of aryl methyl sites for hydroxylation is 1. The first kappa shape index (κ1) is 18.2. The summed E-state index contributed by atoms with van der Waals surface area (Å²) in [6.07, 6.45) is 6.38. The van der Waals surface area contributed by atoms with Gasteiger partial charge in [0.2, 0.25) is 11.9 Å². The number of anilines is 1. The van der Waals surface area contributed by atoms with Gasteiger partial charge >= 0.3 is 0 Å². The van der Waals surface area contributed by atoms with Crippen molar-refractivity contribution < 1.29 is 4.79 Å². The molecular weight excluding hydrogens is 332 g/mol. The second-order valence-electron chi connectivity index (χ2n) is 6.84. The number of carbonyl (C=O) groups is 1. The van der Waals surface area contributed by atoms with Crippen LogP contribution in [0.1, 0.15) is 25.0 Å². The van der Waals surface area contributed by atoms with Crippen LogP contribution in [-0.4, -0.2) is 56.4 Å². The quantitative estimate of drug-likeness (QED) is 0.758. The molecule has 0 aliphatic carbocycles. The molecule has 3 N–H and O–H groups in total. The highest BCUT2D eigenvalue weighted by Gasteiger charge is 2.28. The summed E-state index contributed by atoms with van der Waals surface area (Å²) in [6.45, 7) is 2.90. The monoisotopic (exact) mass is 358 g/mol. The number of rotatable bonds is 7. The highest BCUT2D eigenvalue weighted by atomic mass is 16.2. The Morgan fingerprint density at radius 3 is 2.92 bits per heavy atom. The van der Waals surface area contributed by atoms with Crippen LogP contribution in [0, 0.1) is 0 Å². The summed E-state index contributed by atoms with van der Waals surface area (Å²) in [6, 6.07) is 5.72. The normalized spacial score (nSPS) is 17.2. The molecule has 1 saturated heterocycles. The largest absolute Gasteiger partial charge is 0.369 e. The molecule has 0 saturated carbocycles. The minimum atomic E-state index is -0.244. The average Bonchev–Trinajstić information content (AvgIpc) is 3.25. The molecule has 3 heterocycles. The van der Waals surface area contributed by atoms with Crippen LogP contribution in [0.2, 0.25) is 0 Å². The van der Waals surface area contributed by atoms with E-state index in [4.69, 9.17) is 5.73 Å². The first-order chi connectivity index (χ1) is 12.5. The number of likely N-dealkylation sites (N-methyl/N-ethyl adjacent to an activating group) is 1. The molecule has 0 spiro atoms. The Hall–Kier alpha value is -2.61. The van der Waals surface area contributed by atoms with E-state index < -0.39 is 0 Å². The van der Waals surface area contributed by atoms with E-state index in [-0.39, 0.29) is 23.5 Å². The zero-order chi connectivity index (χ0) is 18.5. The molecule has 0 radical (unpaired) electrons. The molecule has 0 unspecified atom stereocenters. The van der Waals surface area contributed by atoms with Crippen molar-refractivity contribution in [2.45, 2.75) is 38.4 Å². The van der Waals surface area contributed by atoms with Crippen molar-refractivity contribution in [1.82, 2.24) is 24.3 Å². The fourth-order valence-corrected chi connectivity index (χ4v) is 3.41. The third kappa shape index (κ3) is 4.72. The molecule has 8 nitrogen and oxygen atoms in total. The minimum Gasteiger partial charge on any atom is -0.369 e. The van der Waals surface area contributed by atoms with E-state index in [1.54, 1.807) is 0 Å². The lowest BCUT2D eigenvalue weighted by atomic mass is 10.2. The predicted octanol–water partition coefficient (Wildman–Crippen LogP) is 0.667. The van der Waals surface area contributed by atoms with Crippen LogP contribution in [-0.2, 0) is 17.9 Å². The van der Waals surface area contributed by atoms with Crippen LogP contribution in [0.25, 0.3) is 0 Å². The van der Waals surface area contributed by atoms with Crippen molar-refractivity contribution in [3.63, 3.8) is 0 Å².